The van der Waals surface area contributed by atoms with Gasteiger partial charge in [-0.05, 0) is 42.7 Å². The van der Waals surface area contributed by atoms with Crippen LogP contribution < -0.4 is 9.64 Å². The van der Waals surface area contributed by atoms with Gasteiger partial charge in [0.05, 0.1) is 12.2 Å². The highest BCUT2D eigenvalue weighted by molar-refractivity contribution is 14.1. The van der Waals surface area contributed by atoms with Gasteiger partial charge in [0.25, 0.3) is 5.91 Å². The van der Waals surface area contributed by atoms with Crippen molar-refractivity contribution < 1.29 is 26.8 Å². The van der Waals surface area contributed by atoms with Crippen LogP contribution in [0.2, 0.25) is 10.0 Å². The zero-order valence-electron chi connectivity index (χ0n) is 18.5. The quantitative estimate of drug-likeness (QED) is 0.200. The summed E-state index contributed by atoms with van der Waals surface area (Å²) in [6.07, 6.45) is -5.17. The topological polar surface area (TPSA) is 45.1 Å². The Kier molecular flexibility index (Phi) is 4.86. The van der Waals surface area contributed by atoms with E-state index in [1.165, 1.54) is 40.1 Å². The van der Waals surface area contributed by atoms with E-state index in [-0.39, 0.29) is 34.7 Å². The Labute approximate surface area is 204 Å². The Morgan fingerprint density at radius 1 is 1.26 bits per heavy atom. The SMILES string of the molecule is [2H]C([2H])([2H])[C@@]1(Cc2ccc(OC(F)(F)F)cc2)C(=O)N(c2cc(Cl)cc(Cl)c2)C2=N[13CH2][13CH](I)N21. The van der Waals surface area contributed by atoms with Crippen molar-refractivity contribution in [1.29, 1.82) is 0 Å². The van der Waals surface area contributed by atoms with E-state index in [2.05, 4.69) is 9.73 Å². The normalized spacial score (nSPS) is 25.1. The van der Waals surface area contributed by atoms with Gasteiger partial charge < -0.3 is 9.64 Å². The average molecular weight is 589 g/mol. The molecule has 0 radical (unpaired) electrons. The number of hydrogen-bond donors (Lipinski definition) is 0. The molecule has 11 heteroatoms. The van der Waals surface area contributed by atoms with Crippen LogP contribution in [0.25, 0.3) is 0 Å². The number of benzene rings is 2. The summed E-state index contributed by atoms with van der Waals surface area (Å²) < 4.78 is 66.0. The lowest BCUT2D eigenvalue weighted by atomic mass is 9.92. The van der Waals surface area contributed by atoms with Crippen LogP contribution in [0.5, 0.6) is 5.75 Å². The Bertz CT molecular complexity index is 1140. The molecule has 2 heterocycles. The number of carbonyl (C=O) groups is 1. The Morgan fingerprint density at radius 3 is 2.48 bits per heavy atom. The van der Waals surface area contributed by atoms with Gasteiger partial charge in [-0.25, -0.2) is 9.89 Å². The monoisotopic (exact) mass is 588 g/mol. The van der Waals surface area contributed by atoms with Gasteiger partial charge in [0.1, 0.15) is 15.3 Å². The minimum atomic E-state index is -4.86. The van der Waals surface area contributed by atoms with Gasteiger partial charge in [-0.2, -0.15) is 0 Å². The molecule has 1 saturated heterocycles. The van der Waals surface area contributed by atoms with Crippen LogP contribution in [-0.4, -0.2) is 39.3 Å². The molecule has 2 aromatic rings. The number of ether oxygens (including phenoxy) is 1. The van der Waals surface area contributed by atoms with Crippen molar-refractivity contribution in [3.8, 4) is 5.75 Å². The second-order valence-corrected chi connectivity index (χ2v) is 9.25. The zero-order chi connectivity index (χ0) is 25.1. The third kappa shape index (κ3) is 4.31. The maximum absolute atomic E-state index is 13.9. The number of rotatable bonds is 4. The minimum absolute atomic E-state index is 0.149. The number of guanidine groups is 1. The summed E-state index contributed by atoms with van der Waals surface area (Å²) in [4.78, 5) is 20.9. The fourth-order valence-electron chi connectivity index (χ4n) is 3.57. The molecular weight excluding hydrogens is 571 g/mol. The second kappa shape index (κ2) is 8.00. The number of fused-ring (bicyclic) bond motifs is 1. The summed E-state index contributed by atoms with van der Waals surface area (Å²) in [6, 6.07) is 9.18. The highest BCUT2D eigenvalue weighted by atomic mass is 127. The van der Waals surface area contributed by atoms with E-state index in [0.717, 1.165) is 12.1 Å². The summed E-state index contributed by atoms with van der Waals surface area (Å²) in [5.74, 6) is -1.07. The molecule has 0 spiro atoms. The van der Waals surface area contributed by atoms with E-state index in [4.69, 9.17) is 27.3 Å². The molecule has 0 aliphatic carbocycles. The molecule has 2 atom stereocenters. The molecule has 1 fully saturated rings. The number of halogens is 6. The standard InChI is InChI=1S/C20H15Cl2F3IN3O2/c1-19(9-11-2-4-15(5-3-11)31-20(23,24)25)17(30)28(18-27-10-16(26)29(18)19)14-7-12(21)6-13(22)8-14/h2-8,16H,9-10H2,1H3/t16?,19-/m1/s1/i1D3,10+1,16+1. The minimum Gasteiger partial charge on any atom is -0.406 e. The van der Waals surface area contributed by atoms with Crippen LogP contribution in [0.4, 0.5) is 18.9 Å². The Hall–Kier alpha value is -1.72. The van der Waals surface area contributed by atoms with E-state index in [9.17, 15) is 18.0 Å². The molecule has 1 unspecified atom stereocenters. The fourth-order valence-corrected chi connectivity index (χ4v) is 5.01. The van der Waals surface area contributed by atoms with E-state index in [1.54, 1.807) is 0 Å². The van der Waals surface area contributed by atoms with Crippen LogP contribution in [-0.2, 0) is 11.2 Å². The summed E-state index contributed by atoms with van der Waals surface area (Å²) in [7, 11) is 0. The van der Waals surface area contributed by atoms with E-state index < -0.39 is 34.5 Å². The molecule has 31 heavy (non-hydrogen) atoms. The molecule has 164 valence electrons. The van der Waals surface area contributed by atoms with E-state index in [1.807, 2.05) is 22.6 Å². The maximum Gasteiger partial charge on any atom is 0.573 e. The van der Waals surface area contributed by atoms with Gasteiger partial charge in [-0.3, -0.25) is 4.79 Å². The van der Waals surface area contributed by atoms with Crippen molar-refractivity contribution >= 4 is 63.3 Å². The number of hydrogen-bond acceptors (Lipinski definition) is 4. The lowest BCUT2D eigenvalue weighted by Crippen LogP contribution is -2.51. The highest BCUT2D eigenvalue weighted by Crippen LogP contribution is 2.41. The first kappa shape index (κ1) is 18.8. The van der Waals surface area contributed by atoms with Gasteiger partial charge in [0.2, 0.25) is 5.96 Å². The van der Waals surface area contributed by atoms with Gasteiger partial charge in [0, 0.05) is 20.6 Å². The summed E-state index contributed by atoms with van der Waals surface area (Å²) in [5.41, 5.74) is -1.47. The molecule has 2 aromatic carbocycles. The summed E-state index contributed by atoms with van der Waals surface area (Å²) in [6.45, 7) is -2.58. The summed E-state index contributed by atoms with van der Waals surface area (Å²) in [5, 5.41) is 0.496. The molecule has 4 rings (SSSR count). The Morgan fingerprint density at radius 2 is 1.90 bits per heavy atom. The first-order valence-electron chi connectivity index (χ1n) is 10.4. The van der Waals surface area contributed by atoms with Gasteiger partial charge in [0.15, 0.2) is 0 Å². The third-order valence-corrected chi connectivity index (χ3v) is 6.16. The van der Waals surface area contributed by atoms with E-state index >= 15 is 0 Å². The molecular formula is C20H15Cl2F3IN3O2. The largest absolute Gasteiger partial charge is 0.573 e. The first-order valence-corrected chi connectivity index (χ1v) is 10.9. The van der Waals surface area contributed by atoms with Gasteiger partial charge >= 0.3 is 6.36 Å². The Balaban J connectivity index is 1.80. The van der Waals surface area contributed by atoms with Crippen molar-refractivity contribution in [2.75, 3.05) is 11.4 Å². The fraction of sp³-hybridized carbons (Fsp3) is 0.300. The van der Waals surface area contributed by atoms with Crippen molar-refractivity contribution in [1.82, 2.24) is 4.90 Å². The van der Waals surface area contributed by atoms with Gasteiger partial charge in [-0.15, -0.1) is 13.2 Å². The lowest BCUT2D eigenvalue weighted by molar-refractivity contribution is -0.274. The van der Waals surface area contributed by atoms with Crippen molar-refractivity contribution in [2.24, 2.45) is 4.99 Å². The number of aliphatic imine (C=N–C) groups is 1. The van der Waals surface area contributed by atoms with Crippen LogP contribution in [0.15, 0.2) is 47.5 Å². The third-order valence-electron chi connectivity index (χ3n) is 4.77. The van der Waals surface area contributed by atoms with E-state index in [0.29, 0.717) is 5.56 Å². The molecule has 0 N–H and O–H groups in total. The molecule has 0 saturated carbocycles. The zero-order valence-corrected chi connectivity index (χ0v) is 19.1. The summed E-state index contributed by atoms with van der Waals surface area (Å²) >= 11 is 14.3. The smallest absolute Gasteiger partial charge is 0.406 e. The molecule has 1 amide bonds. The molecule has 2 aliphatic heterocycles. The molecule has 2 aliphatic rings. The number of alkyl halides is 4. The second-order valence-electron chi connectivity index (χ2n) is 6.94. The first-order chi connectivity index (χ1) is 15.7. The van der Waals surface area contributed by atoms with Crippen LogP contribution in [0, 0.1) is 0 Å². The number of carbonyl (C=O) groups excluding carboxylic acids is 1. The van der Waals surface area contributed by atoms with Crippen molar-refractivity contribution in [3.05, 3.63) is 58.1 Å². The lowest BCUT2D eigenvalue weighted by Gasteiger charge is -2.33. The van der Waals surface area contributed by atoms with Crippen molar-refractivity contribution in [2.45, 2.75) is 29.2 Å². The number of amides is 1. The molecule has 0 bridgehead atoms. The predicted octanol–water partition coefficient (Wildman–Crippen LogP) is 5.67. The van der Waals surface area contributed by atoms with Crippen LogP contribution in [0.3, 0.4) is 0 Å². The molecule has 0 aromatic heterocycles. The number of nitrogens with zero attached hydrogens (tertiary/aromatic N) is 3. The average Bonchev–Trinajstić information content (AvgIpc) is 3.17. The maximum atomic E-state index is 13.9. The predicted molar refractivity (Wildman–Crippen MR) is 121 cm³/mol. The van der Waals surface area contributed by atoms with Crippen LogP contribution >= 0.6 is 45.8 Å². The van der Waals surface area contributed by atoms with Crippen molar-refractivity contribution in [3.63, 3.8) is 0 Å². The highest BCUT2D eigenvalue weighted by Gasteiger charge is 2.57. The van der Waals surface area contributed by atoms with Gasteiger partial charge in [-0.1, -0.05) is 57.9 Å². The number of anilines is 1. The van der Waals surface area contributed by atoms with Crippen LogP contribution in [0.1, 0.15) is 16.5 Å². The molecule has 5 nitrogen and oxygen atoms in total.